The molecule has 0 aliphatic rings. The minimum atomic E-state index is -1.59. The van der Waals surface area contributed by atoms with Crippen molar-refractivity contribution in [1.82, 2.24) is 0 Å². The van der Waals surface area contributed by atoms with Crippen LogP contribution in [0.25, 0.3) is 0 Å². The SMILES string of the molecule is O=C(CBr)Cc1cc(I)ccc1C(O)C(=O)O. The van der Waals surface area contributed by atoms with Gasteiger partial charge in [-0.1, -0.05) is 22.0 Å². The maximum atomic E-state index is 11.4. The van der Waals surface area contributed by atoms with Gasteiger partial charge in [0.05, 0.1) is 5.33 Å². The molecular formula is C11H10BrIO4. The Hall–Kier alpha value is -0.470. The molecule has 0 aromatic heterocycles. The van der Waals surface area contributed by atoms with Gasteiger partial charge in [0.15, 0.2) is 6.10 Å². The second-order valence-corrected chi connectivity index (χ2v) is 5.24. The number of carbonyl (C=O) groups excluding carboxylic acids is 1. The number of ketones is 1. The zero-order valence-corrected chi connectivity index (χ0v) is 12.4. The van der Waals surface area contributed by atoms with Crippen molar-refractivity contribution in [2.45, 2.75) is 12.5 Å². The molecule has 0 aliphatic carbocycles. The van der Waals surface area contributed by atoms with E-state index >= 15 is 0 Å². The van der Waals surface area contributed by atoms with Crippen LogP contribution in [0.3, 0.4) is 0 Å². The Bertz CT molecular complexity index is 447. The molecular weight excluding hydrogens is 403 g/mol. The predicted octanol–water partition coefficient (Wildman–Crippen LogP) is 1.92. The first-order valence-corrected chi connectivity index (χ1v) is 6.92. The quantitative estimate of drug-likeness (QED) is 0.572. The molecule has 1 aromatic carbocycles. The summed E-state index contributed by atoms with van der Waals surface area (Å²) in [6, 6.07) is 4.95. The number of Topliss-reactive ketones (excluding diaryl/α,β-unsaturated/α-hetero) is 1. The number of halogens is 2. The molecule has 17 heavy (non-hydrogen) atoms. The topological polar surface area (TPSA) is 74.6 Å². The summed E-state index contributed by atoms with van der Waals surface area (Å²) in [6.45, 7) is 0. The molecule has 0 fully saturated rings. The van der Waals surface area contributed by atoms with Gasteiger partial charge in [-0.2, -0.15) is 0 Å². The third-order valence-corrected chi connectivity index (χ3v) is 3.47. The molecule has 0 heterocycles. The number of benzene rings is 1. The highest BCUT2D eigenvalue weighted by molar-refractivity contribution is 14.1. The number of carboxylic acid groups (broad SMARTS) is 1. The van der Waals surface area contributed by atoms with Crippen LogP contribution in [0.1, 0.15) is 17.2 Å². The molecule has 92 valence electrons. The normalized spacial score (nSPS) is 12.2. The van der Waals surface area contributed by atoms with Gasteiger partial charge in [0.1, 0.15) is 5.78 Å². The van der Waals surface area contributed by atoms with E-state index in [4.69, 9.17) is 5.11 Å². The van der Waals surface area contributed by atoms with Crippen LogP contribution in [-0.4, -0.2) is 27.3 Å². The summed E-state index contributed by atoms with van der Waals surface area (Å²) >= 11 is 5.12. The average molecular weight is 413 g/mol. The summed E-state index contributed by atoms with van der Waals surface area (Å²) < 4.78 is 0.890. The first kappa shape index (κ1) is 14.6. The minimum absolute atomic E-state index is 0.0640. The molecule has 1 aromatic rings. The van der Waals surface area contributed by atoms with E-state index in [2.05, 4.69) is 38.5 Å². The molecule has 0 aliphatic heterocycles. The zero-order valence-electron chi connectivity index (χ0n) is 8.69. The smallest absolute Gasteiger partial charge is 0.337 e. The average Bonchev–Trinajstić information content (AvgIpc) is 2.28. The van der Waals surface area contributed by atoms with Gasteiger partial charge in [0.25, 0.3) is 0 Å². The van der Waals surface area contributed by atoms with Crippen LogP contribution in [0.15, 0.2) is 18.2 Å². The van der Waals surface area contributed by atoms with E-state index in [-0.39, 0.29) is 23.1 Å². The molecule has 0 radical (unpaired) electrons. The van der Waals surface area contributed by atoms with Gasteiger partial charge in [0, 0.05) is 9.99 Å². The number of rotatable bonds is 5. The Morgan fingerprint density at radius 2 is 2.06 bits per heavy atom. The number of alkyl halides is 1. The lowest BCUT2D eigenvalue weighted by Crippen LogP contribution is -2.15. The Kier molecular flexibility index (Phi) is 5.54. The number of carbonyl (C=O) groups is 2. The number of aliphatic hydroxyl groups is 1. The number of aliphatic hydroxyl groups excluding tert-OH is 1. The molecule has 6 heteroatoms. The first-order valence-electron chi connectivity index (χ1n) is 4.72. The Morgan fingerprint density at radius 1 is 1.41 bits per heavy atom. The lowest BCUT2D eigenvalue weighted by atomic mass is 9.98. The summed E-state index contributed by atoms with van der Waals surface area (Å²) in [7, 11) is 0. The van der Waals surface area contributed by atoms with Crippen LogP contribution in [0, 0.1) is 3.57 Å². The molecule has 0 amide bonds. The fourth-order valence-electron chi connectivity index (χ4n) is 1.39. The Balaban J connectivity index is 3.11. The number of hydrogen-bond donors (Lipinski definition) is 2. The van der Waals surface area contributed by atoms with E-state index in [0.717, 1.165) is 3.57 Å². The summed E-state index contributed by atoms with van der Waals surface area (Å²) in [6.07, 6.45) is -1.48. The van der Waals surface area contributed by atoms with Crippen LogP contribution in [-0.2, 0) is 16.0 Å². The fourth-order valence-corrected chi connectivity index (χ4v) is 2.14. The third-order valence-electron chi connectivity index (χ3n) is 2.17. The highest BCUT2D eigenvalue weighted by Crippen LogP contribution is 2.22. The second kappa shape index (κ2) is 6.46. The van der Waals surface area contributed by atoms with E-state index in [1.165, 1.54) is 6.07 Å². The molecule has 0 saturated carbocycles. The maximum Gasteiger partial charge on any atom is 0.337 e. The number of hydrogen-bond acceptors (Lipinski definition) is 3. The molecule has 0 spiro atoms. The zero-order chi connectivity index (χ0) is 13.0. The largest absolute Gasteiger partial charge is 0.479 e. The van der Waals surface area contributed by atoms with Crippen molar-refractivity contribution in [3.8, 4) is 0 Å². The minimum Gasteiger partial charge on any atom is -0.479 e. The lowest BCUT2D eigenvalue weighted by Gasteiger charge is -2.12. The van der Waals surface area contributed by atoms with Crippen LogP contribution in [0.2, 0.25) is 0 Å². The van der Waals surface area contributed by atoms with Crippen molar-refractivity contribution in [3.63, 3.8) is 0 Å². The highest BCUT2D eigenvalue weighted by Gasteiger charge is 2.20. The van der Waals surface area contributed by atoms with Crippen LogP contribution < -0.4 is 0 Å². The van der Waals surface area contributed by atoms with Crippen molar-refractivity contribution in [2.75, 3.05) is 5.33 Å². The molecule has 4 nitrogen and oxygen atoms in total. The van der Waals surface area contributed by atoms with Crippen molar-refractivity contribution < 1.29 is 19.8 Å². The molecule has 0 bridgehead atoms. The predicted molar refractivity (Wildman–Crippen MR) is 74.3 cm³/mol. The van der Waals surface area contributed by atoms with E-state index < -0.39 is 12.1 Å². The molecule has 1 atom stereocenters. The van der Waals surface area contributed by atoms with Gasteiger partial charge in [0.2, 0.25) is 0 Å². The molecule has 2 N–H and O–H groups in total. The standard InChI is InChI=1S/C11H10BrIO4/c12-5-8(14)4-6-3-7(13)1-2-9(6)10(15)11(16)17/h1-3,10,15H,4-5H2,(H,16,17). The van der Waals surface area contributed by atoms with Crippen molar-refractivity contribution in [2.24, 2.45) is 0 Å². The van der Waals surface area contributed by atoms with E-state index in [9.17, 15) is 14.7 Å². The molecule has 1 rings (SSSR count). The van der Waals surface area contributed by atoms with Crippen LogP contribution in [0.5, 0.6) is 0 Å². The third kappa shape index (κ3) is 4.04. The monoisotopic (exact) mass is 412 g/mol. The molecule has 0 saturated heterocycles. The van der Waals surface area contributed by atoms with Gasteiger partial charge < -0.3 is 10.2 Å². The summed E-state index contributed by atoms with van der Waals surface area (Å²) in [5.74, 6) is -1.38. The van der Waals surface area contributed by atoms with Crippen LogP contribution in [0.4, 0.5) is 0 Å². The van der Waals surface area contributed by atoms with Gasteiger partial charge in [-0.05, 0) is 45.9 Å². The Morgan fingerprint density at radius 3 is 2.59 bits per heavy atom. The van der Waals surface area contributed by atoms with Crippen LogP contribution >= 0.6 is 38.5 Å². The van der Waals surface area contributed by atoms with Crippen molar-refractivity contribution >= 4 is 50.3 Å². The Labute approximate surface area is 120 Å². The number of carboxylic acids is 1. The van der Waals surface area contributed by atoms with Gasteiger partial charge in [-0.25, -0.2) is 4.79 Å². The van der Waals surface area contributed by atoms with Gasteiger partial charge >= 0.3 is 5.97 Å². The van der Waals surface area contributed by atoms with E-state index in [0.29, 0.717) is 5.56 Å². The second-order valence-electron chi connectivity index (χ2n) is 3.43. The highest BCUT2D eigenvalue weighted by atomic mass is 127. The van der Waals surface area contributed by atoms with Crippen molar-refractivity contribution in [1.29, 1.82) is 0 Å². The molecule has 1 unspecified atom stereocenters. The fraction of sp³-hybridized carbons (Fsp3) is 0.273. The van der Waals surface area contributed by atoms with Crippen molar-refractivity contribution in [3.05, 3.63) is 32.9 Å². The number of aliphatic carboxylic acids is 1. The lowest BCUT2D eigenvalue weighted by molar-refractivity contribution is -0.147. The first-order chi connectivity index (χ1) is 7.95. The van der Waals surface area contributed by atoms with E-state index in [1.807, 2.05) is 0 Å². The van der Waals surface area contributed by atoms with Gasteiger partial charge in [-0.15, -0.1) is 0 Å². The summed E-state index contributed by atoms with van der Waals surface area (Å²) in [4.78, 5) is 22.1. The summed E-state index contributed by atoms with van der Waals surface area (Å²) in [5.41, 5.74) is 0.823. The summed E-state index contributed by atoms with van der Waals surface area (Å²) in [5, 5.41) is 18.5. The van der Waals surface area contributed by atoms with Gasteiger partial charge in [-0.3, -0.25) is 4.79 Å². The van der Waals surface area contributed by atoms with E-state index in [1.54, 1.807) is 12.1 Å². The maximum absolute atomic E-state index is 11.4.